The molecule has 0 saturated carbocycles. The van der Waals surface area contributed by atoms with Gasteiger partial charge in [-0.2, -0.15) is 0 Å². The third kappa shape index (κ3) is 11.7. The maximum Gasteiger partial charge on any atom is 0.0523 e. The fraction of sp³-hybridized carbons (Fsp3) is 0.684. The molecule has 3 nitrogen and oxygen atoms in total. The summed E-state index contributed by atoms with van der Waals surface area (Å²) in [5.41, 5.74) is 4.06. The number of hydrogen-bond acceptors (Lipinski definition) is 3. The van der Waals surface area contributed by atoms with Crippen molar-refractivity contribution in [2.45, 2.75) is 48.5 Å². The zero-order valence-electron chi connectivity index (χ0n) is 16.7. The number of nitrogens with zero attached hydrogens (tertiary/aromatic N) is 3. The van der Waals surface area contributed by atoms with Gasteiger partial charge in [-0.25, -0.2) is 0 Å². The average molecular weight is 310 g/mol. The lowest BCUT2D eigenvalue weighted by molar-refractivity contribution is 0.0149. The summed E-state index contributed by atoms with van der Waals surface area (Å²) in [6.45, 7) is 17.6. The van der Waals surface area contributed by atoms with Crippen molar-refractivity contribution >= 4 is 0 Å². The van der Waals surface area contributed by atoms with Crippen molar-refractivity contribution in [3.63, 3.8) is 0 Å². The van der Waals surface area contributed by atoms with Gasteiger partial charge in [0.15, 0.2) is 0 Å². The molecule has 0 N–H and O–H groups in total. The summed E-state index contributed by atoms with van der Waals surface area (Å²) in [5.74, 6) is 0. The van der Waals surface area contributed by atoms with Gasteiger partial charge in [-0.1, -0.05) is 62.6 Å². The molecule has 0 amide bonds. The molecule has 2 rings (SSSR count). The SMILES string of the molecule is CC.CC.CN1CN(C)CN(C)C1.Cc1cc(C)cc(C)c1. The van der Waals surface area contributed by atoms with Crippen LogP contribution in [0.4, 0.5) is 0 Å². The van der Waals surface area contributed by atoms with Gasteiger partial charge in [0.2, 0.25) is 0 Å². The predicted octanol–water partition coefficient (Wildman–Crippen LogP) is 4.33. The van der Waals surface area contributed by atoms with E-state index in [9.17, 15) is 0 Å². The third-order valence-corrected chi connectivity index (χ3v) is 2.81. The molecule has 22 heavy (non-hydrogen) atoms. The molecule has 0 aliphatic carbocycles. The molecule has 0 spiro atoms. The van der Waals surface area contributed by atoms with Crippen LogP contribution in [0.2, 0.25) is 0 Å². The molecule has 3 heteroatoms. The minimum absolute atomic E-state index is 1.09. The third-order valence-electron chi connectivity index (χ3n) is 2.81. The van der Waals surface area contributed by atoms with Crippen LogP contribution in [0.5, 0.6) is 0 Å². The van der Waals surface area contributed by atoms with Crippen LogP contribution in [0.15, 0.2) is 18.2 Å². The standard InChI is InChI=1S/C9H12.C6H15N3.2C2H6/c2*1-7-4-8(2)6-9(3)5-7;2*1-2/h4-6H,1-3H3;4-6H2,1-3H3;2*1-2H3. The largest absolute Gasteiger partial charge is 0.280 e. The summed E-state index contributed by atoms with van der Waals surface area (Å²) in [6.07, 6.45) is 0. The normalized spacial score (nSPS) is 15.5. The van der Waals surface area contributed by atoms with Gasteiger partial charge in [-0.05, 0) is 41.9 Å². The Balaban J connectivity index is 0. The van der Waals surface area contributed by atoms with Crippen LogP contribution in [0, 0.1) is 20.8 Å². The van der Waals surface area contributed by atoms with Crippen molar-refractivity contribution < 1.29 is 0 Å². The lowest BCUT2D eigenvalue weighted by Gasteiger charge is -2.36. The molecule has 0 bridgehead atoms. The Kier molecular flexibility index (Phi) is 14.6. The molecular formula is C19H39N3. The molecule has 1 aromatic carbocycles. The van der Waals surface area contributed by atoms with Gasteiger partial charge >= 0.3 is 0 Å². The van der Waals surface area contributed by atoms with Gasteiger partial charge in [-0.15, -0.1) is 0 Å². The van der Waals surface area contributed by atoms with Crippen LogP contribution in [0.25, 0.3) is 0 Å². The fourth-order valence-corrected chi connectivity index (χ4v) is 2.57. The lowest BCUT2D eigenvalue weighted by Crippen LogP contribution is -2.50. The second-order valence-corrected chi connectivity index (χ2v) is 5.66. The first-order valence-electron chi connectivity index (χ1n) is 8.47. The van der Waals surface area contributed by atoms with E-state index in [0.717, 1.165) is 20.0 Å². The molecule has 1 heterocycles. The van der Waals surface area contributed by atoms with Gasteiger partial charge in [0.1, 0.15) is 0 Å². The van der Waals surface area contributed by atoms with Gasteiger partial charge in [0.25, 0.3) is 0 Å². The maximum atomic E-state index is 2.28. The summed E-state index contributed by atoms with van der Waals surface area (Å²) >= 11 is 0. The molecule has 0 atom stereocenters. The molecule has 0 radical (unpaired) electrons. The topological polar surface area (TPSA) is 9.72 Å². The van der Waals surface area contributed by atoms with E-state index < -0.39 is 0 Å². The summed E-state index contributed by atoms with van der Waals surface area (Å²) in [7, 11) is 6.39. The van der Waals surface area contributed by atoms with Crippen LogP contribution in [-0.4, -0.2) is 55.8 Å². The first-order valence-corrected chi connectivity index (χ1v) is 8.47. The molecule has 0 aromatic heterocycles. The highest BCUT2D eigenvalue weighted by molar-refractivity contribution is 5.27. The van der Waals surface area contributed by atoms with Crippen molar-refractivity contribution in [1.29, 1.82) is 0 Å². The number of rotatable bonds is 0. The van der Waals surface area contributed by atoms with Crippen molar-refractivity contribution in [3.05, 3.63) is 34.9 Å². The van der Waals surface area contributed by atoms with Gasteiger partial charge in [-0.3, -0.25) is 14.7 Å². The predicted molar refractivity (Wildman–Crippen MR) is 101 cm³/mol. The summed E-state index contributed by atoms with van der Waals surface area (Å²) in [6, 6.07) is 6.56. The smallest absolute Gasteiger partial charge is 0.0523 e. The Morgan fingerprint density at radius 2 is 0.727 bits per heavy atom. The minimum Gasteiger partial charge on any atom is -0.280 e. The van der Waals surface area contributed by atoms with E-state index in [1.807, 2.05) is 27.7 Å². The maximum absolute atomic E-state index is 2.28. The van der Waals surface area contributed by atoms with Crippen molar-refractivity contribution in [2.75, 3.05) is 41.1 Å². The quantitative estimate of drug-likeness (QED) is 0.706. The summed E-state index contributed by atoms with van der Waals surface area (Å²) < 4.78 is 0. The van der Waals surface area contributed by atoms with E-state index >= 15 is 0 Å². The van der Waals surface area contributed by atoms with Crippen molar-refractivity contribution in [3.8, 4) is 0 Å². The Labute approximate surface area is 139 Å². The van der Waals surface area contributed by atoms with Crippen LogP contribution in [-0.2, 0) is 0 Å². The zero-order valence-corrected chi connectivity index (χ0v) is 16.7. The van der Waals surface area contributed by atoms with E-state index in [-0.39, 0.29) is 0 Å². The number of benzene rings is 1. The molecule has 1 fully saturated rings. The number of hydrogen-bond donors (Lipinski definition) is 0. The van der Waals surface area contributed by atoms with Crippen LogP contribution < -0.4 is 0 Å². The zero-order chi connectivity index (χ0) is 17.7. The van der Waals surface area contributed by atoms with E-state index in [1.54, 1.807) is 0 Å². The van der Waals surface area contributed by atoms with Crippen LogP contribution in [0.3, 0.4) is 0 Å². The molecule has 130 valence electrons. The Bertz CT molecular complexity index is 301. The van der Waals surface area contributed by atoms with Crippen molar-refractivity contribution in [1.82, 2.24) is 14.7 Å². The molecule has 1 aliphatic rings. The highest BCUT2D eigenvalue weighted by Crippen LogP contribution is 2.06. The molecular weight excluding hydrogens is 270 g/mol. The average Bonchev–Trinajstić information content (AvgIpc) is 2.40. The first kappa shape index (κ1) is 23.4. The lowest BCUT2D eigenvalue weighted by atomic mass is 10.1. The Morgan fingerprint density at radius 3 is 0.909 bits per heavy atom. The number of aryl methyl sites for hydroxylation is 3. The van der Waals surface area contributed by atoms with Crippen LogP contribution >= 0.6 is 0 Å². The summed E-state index contributed by atoms with van der Waals surface area (Å²) in [5, 5.41) is 0. The van der Waals surface area contributed by atoms with Crippen molar-refractivity contribution in [2.24, 2.45) is 0 Å². The molecule has 0 unspecified atom stereocenters. The minimum atomic E-state index is 1.09. The highest BCUT2D eigenvalue weighted by atomic mass is 15.5. The van der Waals surface area contributed by atoms with Gasteiger partial charge < -0.3 is 0 Å². The molecule has 1 aliphatic heterocycles. The Hall–Kier alpha value is -0.900. The second-order valence-electron chi connectivity index (χ2n) is 5.66. The summed E-state index contributed by atoms with van der Waals surface area (Å²) in [4.78, 5) is 6.84. The molecule has 1 aromatic rings. The monoisotopic (exact) mass is 309 g/mol. The second kappa shape index (κ2) is 13.7. The van der Waals surface area contributed by atoms with Crippen LogP contribution in [0.1, 0.15) is 44.4 Å². The Morgan fingerprint density at radius 1 is 0.545 bits per heavy atom. The van der Waals surface area contributed by atoms with E-state index in [2.05, 4.69) is 74.8 Å². The molecule has 1 saturated heterocycles. The van der Waals surface area contributed by atoms with E-state index in [4.69, 9.17) is 0 Å². The highest BCUT2D eigenvalue weighted by Gasteiger charge is 2.13. The fourth-order valence-electron chi connectivity index (χ4n) is 2.57. The van der Waals surface area contributed by atoms with E-state index in [0.29, 0.717) is 0 Å². The van der Waals surface area contributed by atoms with Gasteiger partial charge in [0, 0.05) is 0 Å². The first-order chi connectivity index (χ1) is 10.4. The van der Waals surface area contributed by atoms with E-state index in [1.165, 1.54) is 16.7 Å². The van der Waals surface area contributed by atoms with Gasteiger partial charge in [0.05, 0.1) is 20.0 Å².